The number of amides is 1. The lowest BCUT2D eigenvalue weighted by molar-refractivity contribution is 0.0722. The van der Waals surface area contributed by atoms with Gasteiger partial charge in [0.15, 0.2) is 11.5 Å². The Hall–Kier alpha value is -3.08. The third-order valence-electron chi connectivity index (χ3n) is 4.91. The van der Waals surface area contributed by atoms with Crippen LogP contribution in [-0.2, 0) is 19.6 Å². The van der Waals surface area contributed by atoms with E-state index in [1.54, 1.807) is 0 Å². The number of carbonyl (C=O) groups excluding carboxylic acids is 1. The van der Waals surface area contributed by atoms with Crippen LogP contribution in [0.3, 0.4) is 0 Å². The summed E-state index contributed by atoms with van der Waals surface area (Å²) in [5, 5.41) is 4.08. The number of nitrogens with zero attached hydrogens (tertiary/aromatic N) is 2. The summed E-state index contributed by atoms with van der Waals surface area (Å²) >= 11 is 0. The van der Waals surface area contributed by atoms with Crippen molar-refractivity contribution >= 4 is 5.91 Å². The van der Waals surface area contributed by atoms with E-state index in [1.807, 2.05) is 41.3 Å². The van der Waals surface area contributed by atoms with Crippen LogP contribution < -0.4 is 4.74 Å². The number of aromatic nitrogens is 1. The number of ether oxygens (including phenoxy) is 1. The first-order valence-corrected chi connectivity index (χ1v) is 8.38. The Kier molecular flexibility index (Phi) is 3.13. The quantitative estimate of drug-likeness (QED) is 0.685. The van der Waals surface area contributed by atoms with Gasteiger partial charge in [-0.15, -0.1) is 0 Å². The number of fused-ring (bicyclic) bond motifs is 4. The minimum Gasteiger partial charge on any atom is -0.488 e. The predicted octanol–water partition coefficient (Wildman–Crippen LogP) is 3.43. The summed E-state index contributed by atoms with van der Waals surface area (Å²) in [5.41, 5.74) is 4.46. The van der Waals surface area contributed by atoms with Gasteiger partial charge in [0, 0.05) is 13.1 Å². The van der Waals surface area contributed by atoms with Gasteiger partial charge in [-0.25, -0.2) is 0 Å². The highest BCUT2D eigenvalue weighted by Gasteiger charge is 2.31. The summed E-state index contributed by atoms with van der Waals surface area (Å²) < 4.78 is 11.3. The molecule has 0 spiro atoms. The fourth-order valence-corrected chi connectivity index (χ4v) is 3.57. The Balaban J connectivity index is 1.48. The first kappa shape index (κ1) is 14.3. The minimum absolute atomic E-state index is 0.0949. The largest absolute Gasteiger partial charge is 0.488 e. The van der Waals surface area contributed by atoms with Crippen molar-refractivity contribution in [2.45, 2.75) is 19.6 Å². The number of carbonyl (C=O) groups is 1. The Morgan fingerprint density at radius 3 is 2.76 bits per heavy atom. The van der Waals surface area contributed by atoms with Crippen molar-refractivity contribution in [2.24, 2.45) is 0 Å². The molecular formula is C20H16N2O3. The van der Waals surface area contributed by atoms with Crippen LogP contribution in [0.2, 0.25) is 0 Å². The summed E-state index contributed by atoms with van der Waals surface area (Å²) in [5.74, 6) is 1.31. The van der Waals surface area contributed by atoms with E-state index in [0.717, 1.165) is 23.3 Å². The molecule has 1 amide bonds. The number of rotatable bonds is 1. The second-order valence-corrected chi connectivity index (χ2v) is 6.37. The molecule has 0 unspecified atom stereocenters. The van der Waals surface area contributed by atoms with Gasteiger partial charge in [-0.3, -0.25) is 4.79 Å². The molecule has 5 nitrogen and oxygen atoms in total. The van der Waals surface area contributed by atoms with Crippen LogP contribution in [0.5, 0.6) is 5.75 Å². The summed E-state index contributed by atoms with van der Waals surface area (Å²) in [7, 11) is 0. The molecule has 2 aliphatic rings. The highest BCUT2D eigenvalue weighted by atomic mass is 16.5. The second-order valence-electron chi connectivity index (χ2n) is 6.37. The fraction of sp³-hybridized carbons (Fsp3) is 0.200. The molecule has 3 aromatic rings. The maximum atomic E-state index is 13.0. The van der Waals surface area contributed by atoms with Crippen LogP contribution in [0, 0.1) is 0 Å². The average Bonchev–Trinajstić information content (AvgIpc) is 3.11. The van der Waals surface area contributed by atoms with Crippen LogP contribution in [0.1, 0.15) is 27.2 Å². The molecule has 25 heavy (non-hydrogen) atoms. The Bertz CT molecular complexity index is 977. The van der Waals surface area contributed by atoms with Crippen molar-refractivity contribution < 1.29 is 14.1 Å². The van der Waals surface area contributed by atoms with Gasteiger partial charge >= 0.3 is 0 Å². The number of hydrogen-bond donors (Lipinski definition) is 0. The van der Waals surface area contributed by atoms with E-state index in [9.17, 15) is 4.79 Å². The molecule has 0 fully saturated rings. The molecule has 2 aromatic carbocycles. The van der Waals surface area contributed by atoms with E-state index in [4.69, 9.17) is 9.26 Å². The fourth-order valence-electron chi connectivity index (χ4n) is 3.57. The number of benzene rings is 2. The van der Waals surface area contributed by atoms with Crippen molar-refractivity contribution in [2.75, 3.05) is 6.54 Å². The van der Waals surface area contributed by atoms with Crippen LogP contribution in [0.15, 0.2) is 53.1 Å². The van der Waals surface area contributed by atoms with Crippen molar-refractivity contribution in [3.8, 4) is 17.1 Å². The first-order valence-electron chi connectivity index (χ1n) is 8.38. The molecule has 5 heteroatoms. The molecule has 124 valence electrons. The molecule has 0 saturated carbocycles. The highest BCUT2D eigenvalue weighted by Crippen LogP contribution is 2.39. The van der Waals surface area contributed by atoms with Gasteiger partial charge in [-0.2, -0.15) is 0 Å². The lowest BCUT2D eigenvalue weighted by Crippen LogP contribution is -2.36. The molecule has 0 aliphatic carbocycles. The van der Waals surface area contributed by atoms with Crippen molar-refractivity contribution in [1.82, 2.24) is 10.1 Å². The lowest BCUT2D eigenvalue weighted by Gasteiger charge is -2.28. The Morgan fingerprint density at radius 2 is 1.84 bits per heavy atom. The Labute approximate surface area is 144 Å². The van der Waals surface area contributed by atoms with E-state index >= 15 is 0 Å². The third kappa shape index (κ3) is 2.23. The summed E-state index contributed by atoms with van der Waals surface area (Å²) in [4.78, 5) is 14.8. The van der Waals surface area contributed by atoms with E-state index in [0.29, 0.717) is 31.2 Å². The van der Waals surface area contributed by atoms with E-state index < -0.39 is 0 Å². The molecule has 0 bridgehead atoms. The zero-order valence-electron chi connectivity index (χ0n) is 13.6. The van der Waals surface area contributed by atoms with E-state index in [2.05, 4.69) is 17.3 Å². The second kappa shape index (κ2) is 5.48. The van der Waals surface area contributed by atoms with Crippen LogP contribution >= 0.6 is 0 Å². The monoisotopic (exact) mass is 332 g/mol. The molecule has 0 N–H and O–H groups in total. The highest BCUT2D eigenvalue weighted by molar-refractivity contribution is 5.95. The number of hydrogen-bond acceptors (Lipinski definition) is 4. The molecule has 1 aromatic heterocycles. The molecule has 0 atom stereocenters. The van der Waals surface area contributed by atoms with Crippen LogP contribution in [-0.4, -0.2) is 22.5 Å². The van der Waals surface area contributed by atoms with Crippen molar-refractivity contribution in [1.29, 1.82) is 0 Å². The van der Waals surface area contributed by atoms with Crippen molar-refractivity contribution in [3.63, 3.8) is 0 Å². The molecule has 0 saturated heterocycles. The maximum absolute atomic E-state index is 13.0. The topological polar surface area (TPSA) is 55.6 Å². The average molecular weight is 332 g/mol. The van der Waals surface area contributed by atoms with Crippen LogP contribution in [0.4, 0.5) is 0 Å². The third-order valence-corrected chi connectivity index (χ3v) is 4.91. The SMILES string of the molecule is O=C(c1noc2c1COc1ccccc1-2)N1CCc2ccccc2C1. The number of para-hydroxylation sites is 1. The molecule has 5 rings (SSSR count). The summed E-state index contributed by atoms with van der Waals surface area (Å²) in [6, 6.07) is 15.9. The van der Waals surface area contributed by atoms with Gasteiger partial charge in [0.2, 0.25) is 0 Å². The zero-order valence-corrected chi connectivity index (χ0v) is 13.6. The maximum Gasteiger partial charge on any atom is 0.276 e. The molecule has 0 radical (unpaired) electrons. The first-order chi connectivity index (χ1) is 12.3. The molecule has 2 aliphatic heterocycles. The van der Waals surface area contributed by atoms with Gasteiger partial charge in [0.1, 0.15) is 12.4 Å². The van der Waals surface area contributed by atoms with Gasteiger partial charge in [-0.05, 0) is 29.7 Å². The summed E-state index contributed by atoms with van der Waals surface area (Å²) in [6.45, 7) is 1.60. The lowest BCUT2D eigenvalue weighted by atomic mass is 9.99. The molecular weight excluding hydrogens is 316 g/mol. The standard InChI is InChI=1S/C20H16N2O3/c23-20(22-10-9-13-5-1-2-6-14(13)11-22)18-16-12-24-17-8-4-3-7-15(17)19(16)25-21-18/h1-8H,9-12H2. The zero-order chi connectivity index (χ0) is 16.8. The van der Waals surface area contributed by atoms with Crippen molar-refractivity contribution in [3.05, 3.63) is 70.9 Å². The predicted molar refractivity (Wildman–Crippen MR) is 91.2 cm³/mol. The van der Waals surface area contributed by atoms with Gasteiger partial charge < -0.3 is 14.2 Å². The van der Waals surface area contributed by atoms with E-state index in [-0.39, 0.29) is 5.91 Å². The minimum atomic E-state index is -0.0949. The normalized spacial score (nSPS) is 15.0. The molecule has 3 heterocycles. The van der Waals surface area contributed by atoms with Gasteiger partial charge in [-0.1, -0.05) is 41.6 Å². The van der Waals surface area contributed by atoms with Crippen LogP contribution in [0.25, 0.3) is 11.3 Å². The summed E-state index contributed by atoms with van der Waals surface area (Å²) in [6.07, 6.45) is 0.862. The van der Waals surface area contributed by atoms with Gasteiger partial charge in [0.25, 0.3) is 5.91 Å². The Morgan fingerprint density at radius 1 is 1.04 bits per heavy atom. The smallest absolute Gasteiger partial charge is 0.276 e. The van der Waals surface area contributed by atoms with E-state index in [1.165, 1.54) is 11.1 Å². The van der Waals surface area contributed by atoms with Gasteiger partial charge in [0.05, 0.1) is 11.1 Å².